The smallest absolute Gasteiger partial charge is 0.0765 e. The van der Waals surface area contributed by atoms with Crippen LogP contribution in [0.4, 0.5) is 5.69 Å². The number of hydrogen-bond donors (Lipinski definition) is 1. The summed E-state index contributed by atoms with van der Waals surface area (Å²) >= 11 is 0. The van der Waals surface area contributed by atoms with E-state index in [4.69, 9.17) is 0 Å². The summed E-state index contributed by atoms with van der Waals surface area (Å²) in [6.07, 6.45) is 2.82. The van der Waals surface area contributed by atoms with Crippen LogP contribution in [-0.4, -0.2) is 19.3 Å². The van der Waals surface area contributed by atoms with Crippen molar-refractivity contribution < 1.29 is 0 Å². The van der Waals surface area contributed by atoms with E-state index in [-0.39, 0.29) is 0 Å². The minimum Gasteiger partial charge on any atom is -0.359 e. The molecule has 0 aliphatic rings. The summed E-state index contributed by atoms with van der Waals surface area (Å²) in [4.78, 5) is 2.29. The quantitative estimate of drug-likeness (QED) is 0.757. The van der Waals surface area contributed by atoms with E-state index in [1.54, 1.807) is 0 Å². The van der Waals surface area contributed by atoms with Crippen LogP contribution in [0.1, 0.15) is 39.2 Å². The highest BCUT2D eigenvalue weighted by Crippen LogP contribution is 2.16. The first-order valence-electron chi connectivity index (χ1n) is 6.60. The van der Waals surface area contributed by atoms with Gasteiger partial charge in [-0.25, -0.2) is 0 Å². The van der Waals surface area contributed by atoms with Crippen LogP contribution in [0, 0.1) is 6.92 Å². The van der Waals surface area contributed by atoms with Crippen LogP contribution in [0.5, 0.6) is 0 Å². The summed E-state index contributed by atoms with van der Waals surface area (Å²) in [5, 5.41) is 3.62. The molecule has 0 aliphatic heterocycles. The third-order valence-corrected chi connectivity index (χ3v) is 3.24. The molecule has 1 N–H and O–H groups in total. The van der Waals surface area contributed by atoms with Gasteiger partial charge < -0.3 is 4.90 Å². The normalized spacial score (nSPS) is 14.4. The molecular formula is C15H26N2. The van der Waals surface area contributed by atoms with Crippen molar-refractivity contribution in [2.75, 3.05) is 11.9 Å². The first kappa shape index (κ1) is 14.0. The number of benzene rings is 1. The van der Waals surface area contributed by atoms with E-state index in [1.807, 2.05) is 0 Å². The number of anilines is 1. The van der Waals surface area contributed by atoms with E-state index in [0.717, 1.165) is 0 Å². The van der Waals surface area contributed by atoms with Crippen molar-refractivity contribution in [2.24, 2.45) is 0 Å². The fraction of sp³-hybridized carbons (Fsp3) is 0.600. The lowest BCUT2D eigenvalue weighted by Crippen LogP contribution is -2.45. The number of hydrogen-bond acceptors (Lipinski definition) is 2. The molecule has 0 bridgehead atoms. The van der Waals surface area contributed by atoms with Gasteiger partial charge in [0.1, 0.15) is 0 Å². The molecule has 1 rings (SSSR count). The maximum absolute atomic E-state index is 3.62. The van der Waals surface area contributed by atoms with Gasteiger partial charge in [0.05, 0.1) is 6.17 Å². The number of aryl methyl sites for hydroxylation is 1. The lowest BCUT2D eigenvalue weighted by Gasteiger charge is -2.30. The molecular weight excluding hydrogens is 208 g/mol. The van der Waals surface area contributed by atoms with Gasteiger partial charge in [-0.15, -0.1) is 0 Å². The third kappa shape index (κ3) is 4.39. The van der Waals surface area contributed by atoms with Crippen LogP contribution in [-0.2, 0) is 0 Å². The lowest BCUT2D eigenvalue weighted by atomic mass is 10.2. The largest absolute Gasteiger partial charge is 0.359 e. The second-order valence-electron chi connectivity index (χ2n) is 4.98. The molecule has 2 nitrogen and oxygen atoms in total. The van der Waals surface area contributed by atoms with Crippen molar-refractivity contribution in [3.05, 3.63) is 29.8 Å². The molecule has 0 amide bonds. The van der Waals surface area contributed by atoms with Crippen LogP contribution >= 0.6 is 0 Å². The Kier molecular flexibility index (Phi) is 5.49. The SMILES string of the molecule is CCCC(C)NC(C)N(C)c1cccc(C)c1. The van der Waals surface area contributed by atoms with Gasteiger partial charge in [0.15, 0.2) is 0 Å². The van der Waals surface area contributed by atoms with Crippen LogP contribution < -0.4 is 10.2 Å². The van der Waals surface area contributed by atoms with Gasteiger partial charge in [-0.05, 0) is 44.9 Å². The molecule has 0 aromatic heterocycles. The van der Waals surface area contributed by atoms with Gasteiger partial charge in [-0.1, -0.05) is 25.5 Å². The molecule has 0 saturated heterocycles. The van der Waals surface area contributed by atoms with Crippen LogP contribution in [0.3, 0.4) is 0 Å². The summed E-state index contributed by atoms with van der Waals surface area (Å²) < 4.78 is 0. The van der Waals surface area contributed by atoms with Crippen molar-refractivity contribution in [1.82, 2.24) is 5.32 Å². The molecule has 0 spiro atoms. The topological polar surface area (TPSA) is 15.3 Å². The van der Waals surface area contributed by atoms with Crippen molar-refractivity contribution >= 4 is 5.69 Å². The molecule has 96 valence electrons. The van der Waals surface area contributed by atoms with Gasteiger partial charge in [-0.2, -0.15) is 0 Å². The first-order valence-corrected chi connectivity index (χ1v) is 6.60. The Balaban J connectivity index is 2.60. The fourth-order valence-corrected chi connectivity index (χ4v) is 2.11. The predicted molar refractivity (Wildman–Crippen MR) is 76.5 cm³/mol. The molecule has 0 saturated carbocycles. The van der Waals surface area contributed by atoms with E-state index in [9.17, 15) is 0 Å². The number of nitrogens with one attached hydrogen (secondary N) is 1. The number of rotatable bonds is 6. The van der Waals surface area contributed by atoms with Crippen molar-refractivity contribution in [3.63, 3.8) is 0 Å². The summed E-state index contributed by atoms with van der Waals surface area (Å²) in [6.45, 7) is 8.83. The molecule has 1 aromatic rings. The van der Waals surface area contributed by atoms with Gasteiger partial charge in [0, 0.05) is 18.8 Å². The van der Waals surface area contributed by atoms with Crippen molar-refractivity contribution in [1.29, 1.82) is 0 Å². The zero-order valence-corrected chi connectivity index (χ0v) is 11.8. The third-order valence-electron chi connectivity index (χ3n) is 3.24. The fourth-order valence-electron chi connectivity index (χ4n) is 2.11. The van der Waals surface area contributed by atoms with Crippen LogP contribution in [0.25, 0.3) is 0 Å². The Morgan fingerprint density at radius 1 is 1.29 bits per heavy atom. The van der Waals surface area contributed by atoms with E-state index in [2.05, 4.69) is 69.2 Å². The summed E-state index contributed by atoms with van der Waals surface area (Å²) in [5.41, 5.74) is 2.58. The molecule has 1 aromatic carbocycles. The summed E-state index contributed by atoms with van der Waals surface area (Å²) in [7, 11) is 2.14. The molecule has 2 unspecified atom stereocenters. The van der Waals surface area contributed by atoms with Gasteiger partial charge >= 0.3 is 0 Å². The monoisotopic (exact) mass is 234 g/mol. The highest BCUT2D eigenvalue weighted by atomic mass is 15.2. The average Bonchev–Trinajstić information content (AvgIpc) is 2.28. The van der Waals surface area contributed by atoms with Gasteiger partial charge in [0.25, 0.3) is 0 Å². The Bertz CT molecular complexity index is 335. The molecule has 2 atom stereocenters. The Morgan fingerprint density at radius 2 is 2.00 bits per heavy atom. The van der Waals surface area contributed by atoms with Gasteiger partial charge in [0.2, 0.25) is 0 Å². The molecule has 0 aliphatic carbocycles. The van der Waals surface area contributed by atoms with E-state index in [0.29, 0.717) is 12.2 Å². The van der Waals surface area contributed by atoms with Crippen LogP contribution in [0.2, 0.25) is 0 Å². The molecule has 0 radical (unpaired) electrons. The molecule has 2 heteroatoms. The lowest BCUT2D eigenvalue weighted by molar-refractivity contribution is 0.439. The molecule has 0 heterocycles. The Labute approximate surface area is 106 Å². The minimum absolute atomic E-state index is 0.360. The maximum Gasteiger partial charge on any atom is 0.0765 e. The second kappa shape index (κ2) is 6.65. The Hall–Kier alpha value is -1.02. The zero-order valence-electron chi connectivity index (χ0n) is 11.8. The standard InChI is InChI=1S/C15H26N2/c1-6-8-13(3)16-14(4)17(5)15-10-7-9-12(2)11-15/h7,9-11,13-14,16H,6,8H2,1-5H3. The highest BCUT2D eigenvalue weighted by molar-refractivity contribution is 5.48. The maximum atomic E-state index is 3.62. The second-order valence-corrected chi connectivity index (χ2v) is 4.98. The average molecular weight is 234 g/mol. The first-order chi connectivity index (χ1) is 8.04. The van der Waals surface area contributed by atoms with Crippen LogP contribution in [0.15, 0.2) is 24.3 Å². The highest BCUT2D eigenvalue weighted by Gasteiger charge is 2.12. The Morgan fingerprint density at radius 3 is 2.59 bits per heavy atom. The summed E-state index contributed by atoms with van der Waals surface area (Å²) in [6, 6.07) is 9.21. The van der Waals surface area contributed by atoms with Gasteiger partial charge in [-0.3, -0.25) is 5.32 Å². The van der Waals surface area contributed by atoms with Crippen molar-refractivity contribution in [3.8, 4) is 0 Å². The molecule has 0 fully saturated rings. The van der Waals surface area contributed by atoms with E-state index < -0.39 is 0 Å². The zero-order chi connectivity index (χ0) is 12.8. The molecule has 17 heavy (non-hydrogen) atoms. The van der Waals surface area contributed by atoms with E-state index in [1.165, 1.54) is 24.1 Å². The van der Waals surface area contributed by atoms with E-state index >= 15 is 0 Å². The van der Waals surface area contributed by atoms with Crippen molar-refractivity contribution in [2.45, 2.75) is 52.7 Å². The number of nitrogens with zero attached hydrogens (tertiary/aromatic N) is 1. The predicted octanol–water partition coefficient (Wildman–Crippen LogP) is 3.56. The summed E-state index contributed by atoms with van der Waals surface area (Å²) in [5.74, 6) is 0. The minimum atomic E-state index is 0.360.